The number of carbonyl (C=O) groups excluding carboxylic acids is 1. The number of thioether (sulfide) groups is 1. The Morgan fingerprint density at radius 3 is 2.08 bits per heavy atom. The van der Waals surface area contributed by atoms with E-state index >= 15 is 0 Å². The lowest BCUT2D eigenvalue weighted by molar-refractivity contribution is 0.102. The molecule has 1 aliphatic heterocycles. The monoisotopic (exact) mass is 564 g/mol. The van der Waals surface area contributed by atoms with Gasteiger partial charge in [-0.15, -0.1) is 11.8 Å². The fraction of sp³-hybridized carbons (Fsp3) is 0.571. The average molecular weight is 565 g/mol. The predicted molar refractivity (Wildman–Crippen MR) is 173 cm³/mol. The molecule has 0 unspecified atom stereocenters. The van der Waals surface area contributed by atoms with Crippen LogP contribution in [0.3, 0.4) is 0 Å². The van der Waals surface area contributed by atoms with Crippen LogP contribution in [0, 0.1) is 0 Å². The van der Waals surface area contributed by atoms with Crippen LogP contribution in [0.1, 0.15) is 126 Å². The summed E-state index contributed by atoms with van der Waals surface area (Å²) in [4.78, 5) is 15.7. The number of anilines is 1. The third-order valence-electron chi connectivity index (χ3n) is 7.52. The topological polar surface area (TPSA) is 41.6 Å². The lowest BCUT2D eigenvalue weighted by Crippen LogP contribution is -2.19. The summed E-state index contributed by atoms with van der Waals surface area (Å²) in [6.45, 7) is 10.3. The van der Waals surface area contributed by atoms with Crippen molar-refractivity contribution in [3.05, 3.63) is 70.8 Å². The highest BCUT2D eigenvalue weighted by atomic mass is 32.2. The fourth-order valence-electron chi connectivity index (χ4n) is 5.11. The summed E-state index contributed by atoms with van der Waals surface area (Å²) >= 11 is 1.81. The first-order valence-electron chi connectivity index (χ1n) is 15.6. The largest absolute Gasteiger partial charge is 0.492 e. The van der Waals surface area contributed by atoms with Crippen molar-refractivity contribution in [3.63, 3.8) is 0 Å². The molecule has 1 amide bonds. The van der Waals surface area contributed by atoms with E-state index in [0.29, 0.717) is 12.2 Å². The number of nitrogens with zero attached hydrogens (tertiary/aromatic N) is 1. The molecule has 0 saturated heterocycles. The van der Waals surface area contributed by atoms with Gasteiger partial charge in [0.1, 0.15) is 5.75 Å². The summed E-state index contributed by atoms with van der Waals surface area (Å²) < 4.78 is 6.36. The van der Waals surface area contributed by atoms with Gasteiger partial charge in [-0.25, -0.2) is 0 Å². The first kappa shape index (κ1) is 32.1. The first-order valence-corrected chi connectivity index (χ1v) is 16.6. The smallest absolute Gasteiger partial charge is 0.259 e. The van der Waals surface area contributed by atoms with Gasteiger partial charge >= 0.3 is 0 Å². The second kappa shape index (κ2) is 17.4. The second-order valence-electron chi connectivity index (χ2n) is 12.1. The molecule has 0 fully saturated rings. The molecule has 220 valence electrons. The molecule has 2 aromatic carbocycles. The number of unbranched alkanes of at least 4 members (excludes halogenated alkanes) is 11. The van der Waals surface area contributed by atoms with E-state index < -0.39 is 0 Å². The highest BCUT2D eigenvalue weighted by Crippen LogP contribution is 2.35. The van der Waals surface area contributed by atoms with Crippen molar-refractivity contribution in [2.24, 2.45) is 0 Å². The number of hydrogen-bond donors (Lipinski definition) is 1. The number of nitrogens with one attached hydrogen (secondary N) is 1. The van der Waals surface area contributed by atoms with E-state index in [1.54, 1.807) is 11.8 Å². The third-order valence-corrected chi connectivity index (χ3v) is 8.31. The van der Waals surface area contributed by atoms with Gasteiger partial charge in [-0.2, -0.15) is 0 Å². The molecule has 0 spiro atoms. The lowest BCUT2D eigenvalue weighted by Gasteiger charge is -2.24. The molecular formula is C35H52N2O2S. The highest BCUT2D eigenvalue weighted by Gasteiger charge is 2.24. The number of ether oxygens (including phenoxy) is 1. The number of benzene rings is 2. The van der Waals surface area contributed by atoms with Crippen molar-refractivity contribution in [2.75, 3.05) is 17.8 Å². The van der Waals surface area contributed by atoms with Crippen molar-refractivity contribution >= 4 is 23.4 Å². The summed E-state index contributed by atoms with van der Waals surface area (Å²) in [6.07, 6.45) is 17.9. The van der Waals surface area contributed by atoms with Crippen molar-refractivity contribution in [3.8, 4) is 5.75 Å². The third kappa shape index (κ3) is 11.2. The van der Waals surface area contributed by atoms with Gasteiger partial charge < -0.3 is 15.0 Å². The van der Waals surface area contributed by atoms with Crippen LogP contribution in [0.2, 0.25) is 0 Å². The second-order valence-corrected chi connectivity index (χ2v) is 13.0. The zero-order valence-corrected chi connectivity index (χ0v) is 26.3. The molecule has 0 radical (unpaired) electrons. The molecule has 1 aliphatic rings. The van der Waals surface area contributed by atoms with Crippen LogP contribution < -0.4 is 10.1 Å². The molecule has 1 heterocycles. The average Bonchev–Trinajstić information content (AvgIpc) is 3.45. The van der Waals surface area contributed by atoms with Crippen LogP contribution in [0.15, 0.2) is 54.1 Å². The van der Waals surface area contributed by atoms with E-state index in [1.807, 2.05) is 24.3 Å². The van der Waals surface area contributed by atoms with E-state index in [4.69, 9.17) is 4.74 Å². The maximum Gasteiger partial charge on any atom is 0.259 e. The fourth-order valence-corrected chi connectivity index (χ4v) is 5.83. The molecule has 4 nitrogen and oxygen atoms in total. The van der Waals surface area contributed by atoms with Crippen LogP contribution in [0.4, 0.5) is 5.69 Å². The summed E-state index contributed by atoms with van der Waals surface area (Å²) in [5.74, 6) is 1.60. The molecule has 3 rings (SSSR count). The van der Waals surface area contributed by atoms with Gasteiger partial charge in [-0.05, 0) is 41.0 Å². The Labute approximate surface area is 248 Å². The molecule has 0 aliphatic carbocycles. The summed E-state index contributed by atoms with van der Waals surface area (Å²) in [6, 6.07) is 14.1. The van der Waals surface area contributed by atoms with E-state index in [9.17, 15) is 4.79 Å². The van der Waals surface area contributed by atoms with Crippen molar-refractivity contribution in [1.82, 2.24) is 4.90 Å². The van der Waals surface area contributed by atoms with Gasteiger partial charge in [0, 0.05) is 24.0 Å². The van der Waals surface area contributed by atoms with Crippen LogP contribution in [0.5, 0.6) is 5.75 Å². The molecule has 1 N–H and O–H groups in total. The molecule has 0 bridgehead atoms. The Balaban J connectivity index is 1.47. The van der Waals surface area contributed by atoms with Crippen LogP contribution in [0.25, 0.3) is 0 Å². The Hall–Kier alpha value is -2.40. The highest BCUT2D eigenvalue weighted by molar-refractivity contribution is 8.02. The van der Waals surface area contributed by atoms with Crippen molar-refractivity contribution in [2.45, 2.75) is 117 Å². The van der Waals surface area contributed by atoms with E-state index in [0.717, 1.165) is 35.8 Å². The zero-order valence-electron chi connectivity index (χ0n) is 25.5. The minimum Gasteiger partial charge on any atom is -0.492 e. The van der Waals surface area contributed by atoms with Gasteiger partial charge in [-0.1, -0.05) is 123 Å². The number of amides is 1. The minimum atomic E-state index is -0.123. The van der Waals surface area contributed by atoms with E-state index in [1.165, 1.54) is 76.2 Å². The van der Waals surface area contributed by atoms with Crippen molar-refractivity contribution < 1.29 is 9.53 Å². The van der Waals surface area contributed by atoms with Gasteiger partial charge in [-0.3, -0.25) is 4.79 Å². The van der Waals surface area contributed by atoms with E-state index in [-0.39, 0.29) is 11.3 Å². The number of carbonyl (C=O) groups is 1. The maximum absolute atomic E-state index is 13.4. The number of rotatable bonds is 18. The van der Waals surface area contributed by atoms with Crippen LogP contribution in [-0.2, 0) is 12.0 Å². The summed E-state index contributed by atoms with van der Waals surface area (Å²) in [7, 11) is 0. The maximum atomic E-state index is 13.4. The first-order chi connectivity index (χ1) is 19.4. The molecular weight excluding hydrogens is 512 g/mol. The minimum absolute atomic E-state index is 0.119. The van der Waals surface area contributed by atoms with Crippen LogP contribution >= 0.6 is 11.8 Å². The quantitative estimate of drug-likeness (QED) is 0.183. The number of para-hydroxylation sites is 1. The summed E-state index contributed by atoms with van der Waals surface area (Å²) in [5.41, 5.74) is 3.59. The van der Waals surface area contributed by atoms with Gasteiger partial charge in [0.05, 0.1) is 18.0 Å². The molecule has 5 heteroatoms. The van der Waals surface area contributed by atoms with E-state index in [2.05, 4.69) is 67.7 Å². The molecule has 2 aromatic rings. The lowest BCUT2D eigenvalue weighted by atomic mass is 9.85. The van der Waals surface area contributed by atoms with Crippen LogP contribution in [-0.4, -0.2) is 23.3 Å². The molecule has 0 atom stereocenters. The standard InChI is InChI=1S/C35H52N2O2S/c1-5-6-7-8-9-10-11-12-13-14-15-16-25-39-33-31(18-17-19-32(33)35(2,3)4)34(38)36-30-22-20-29(21-23-30)27-37-24-26-40-28-37/h17-24,26H,5-16,25,27-28H2,1-4H3,(H,36,38). The predicted octanol–water partition coefficient (Wildman–Crippen LogP) is 10.3. The molecule has 0 saturated carbocycles. The summed E-state index contributed by atoms with van der Waals surface area (Å²) in [5, 5.41) is 5.22. The number of hydrogen-bond acceptors (Lipinski definition) is 4. The van der Waals surface area contributed by atoms with Gasteiger partial charge in [0.2, 0.25) is 0 Å². The van der Waals surface area contributed by atoms with Gasteiger partial charge in [0.15, 0.2) is 0 Å². The Kier molecular flexibility index (Phi) is 14.0. The SMILES string of the molecule is CCCCCCCCCCCCCCOc1c(C(=O)Nc2ccc(CN3C=CSC3)cc2)cccc1C(C)(C)C. The van der Waals surface area contributed by atoms with Gasteiger partial charge in [0.25, 0.3) is 5.91 Å². The Morgan fingerprint density at radius 1 is 0.875 bits per heavy atom. The zero-order chi connectivity index (χ0) is 28.6. The molecule has 40 heavy (non-hydrogen) atoms. The normalized spacial score (nSPS) is 13.2. The Bertz CT molecular complexity index is 1040. The van der Waals surface area contributed by atoms with Crippen molar-refractivity contribution in [1.29, 1.82) is 0 Å². The molecule has 0 aromatic heterocycles. The Morgan fingerprint density at radius 2 is 1.50 bits per heavy atom.